The van der Waals surface area contributed by atoms with Crippen molar-refractivity contribution in [2.45, 2.75) is 11.6 Å². The minimum Gasteiger partial charge on any atom is -0.480 e. The maximum atomic E-state index is 11.0. The summed E-state index contributed by atoms with van der Waals surface area (Å²) in [5.74, 6) is -1.29. The molecule has 0 aliphatic rings. The Balaban J connectivity index is 3.38. The molecular weight excluding hydrogens is 246 g/mol. The summed E-state index contributed by atoms with van der Waals surface area (Å²) < 4.78 is 22.7. The van der Waals surface area contributed by atoms with Crippen molar-refractivity contribution >= 4 is 25.7 Å². The van der Waals surface area contributed by atoms with Crippen LogP contribution in [0.1, 0.15) is 5.56 Å². The number of rotatable bonds is 3. The first-order valence-corrected chi connectivity index (χ1v) is 5.79. The molecule has 1 aromatic rings. The Bertz CT molecular complexity index is 541. The van der Waals surface area contributed by atoms with Gasteiger partial charge in [-0.25, -0.2) is 13.1 Å². The lowest BCUT2D eigenvalue weighted by Crippen LogP contribution is -2.14. The third-order valence-corrected chi connectivity index (χ3v) is 2.76. The number of hydrogen-bond acceptors (Lipinski definition) is 5. The van der Waals surface area contributed by atoms with Gasteiger partial charge < -0.3 is 5.11 Å². The average molecular weight is 250 g/mol. The van der Waals surface area contributed by atoms with Gasteiger partial charge in [-0.1, -0.05) is 0 Å². The SMILES string of the molecule is N#Cc1cnn(CC(=O)O)c1S(=O)(=O)Cl. The molecule has 1 rings (SSSR count). The second-order valence-corrected chi connectivity index (χ2v) is 4.95. The lowest BCUT2D eigenvalue weighted by Gasteiger charge is -2.00. The van der Waals surface area contributed by atoms with Crippen LogP contribution in [0.4, 0.5) is 0 Å². The summed E-state index contributed by atoms with van der Waals surface area (Å²) in [5, 5.41) is 19.9. The highest BCUT2D eigenvalue weighted by Gasteiger charge is 2.23. The van der Waals surface area contributed by atoms with Crippen molar-refractivity contribution in [3.05, 3.63) is 11.8 Å². The molecule has 0 aromatic carbocycles. The van der Waals surface area contributed by atoms with Crippen molar-refractivity contribution in [2.24, 2.45) is 0 Å². The fourth-order valence-electron chi connectivity index (χ4n) is 0.949. The number of hydrogen-bond donors (Lipinski definition) is 1. The second-order valence-electron chi connectivity index (χ2n) is 2.46. The molecule has 1 N–H and O–H groups in total. The molecule has 0 bridgehead atoms. The van der Waals surface area contributed by atoms with Gasteiger partial charge in [-0.05, 0) is 0 Å². The van der Waals surface area contributed by atoms with E-state index in [2.05, 4.69) is 5.10 Å². The van der Waals surface area contributed by atoms with E-state index in [1.165, 1.54) is 0 Å². The molecule has 80 valence electrons. The number of aromatic nitrogens is 2. The van der Waals surface area contributed by atoms with Gasteiger partial charge in [-0.3, -0.25) is 4.79 Å². The third kappa shape index (κ3) is 2.45. The molecule has 0 amide bonds. The Morgan fingerprint density at radius 3 is 2.73 bits per heavy atom. The van der Waals surface area contributed by atoms with Crippen molar-refractivity contribution in [2.75, 3.05) is 0 Å². The van der Waals surface area contributed by atoms with E-state index in [9.17, 15) is 13.2 Å². The molecule has 0 aliphatic carbocycles. The molecule has 0 unspecified atom stereocenters. The van der Waals surface area contributed by atoms with E-state index >= 15 is 0 Å². The topological polar surface area (TPSA) is 113 Å². The Kier molecular flexibility index (Phi) is 2.97. The van der Waals surface area contributed by atoms with E-state index in [1.54, 1.807) is 6.07 Å². The highest BCUT2D eigenvalue weighted by Crippen LogP contribution is 2.18. The molecule has 0 radical (unpaired) electrons. The van der Waals surface area contributed by atoms with Crippen molar-refractivity contribution in [3.8, 4) is 6.07 Å². The standard InChI is InChI=1S/C6H4ClN3O4S/c7-15(13,14)6-4(1-8)2-9-10(6)3-5(11)12/h2H,3H2,(H,11,12). The van der Waals surface area contributed by atoms with Gasteiger partial charge in [0.25, 0.3) is 9.05 Å². The maximum Gasteiger partial charge on any atom is 0.325 e. The summed E-state index contributed by atoms with van der Waals surface area (Å²) in [6.07, 6.45) is 0.943. The summed E-state index contributed by atoms with van der Waals surface area (Å²) in [7, 11) is 0.848. The quantitative estimate of drug-likeness (QED) is 0.740. The van der Waals surface area contributed by atoms with Crippen LogP contribution in [-0.2, 0) is 20.4 Å². The summed E-state index contributed by atoms with van der Waals surface area (Å²) in [5.41, 5.74) is -0.286. The van der Waals surface area contributed by atoms with Crippen LogP contribution >= 0.6 is 10.7 Å². The van der Waals surface area contributed by atoms with Crippen molar-refractivity contribution in [1.29, 1.82) is 5.26 Å². The first-order chi connectivity index (χ1) is 6.86. The molecule has 0 saturated heterocycles. The molecule has 0 aliphatic heterocycles. The number of aliphatic carboxylic acids is 1. The summed E-state index contributed by atoms with van der Waals surface area (Å²) in [6, 6.07) is 1.56. The Morgan fingerprint density at radius 2 is 2.33 bits per heavy atom. The fraction of sp³-hybridized carbons (Fsp3) is 0.167. The van der Waals surface area contributed by atoms with E-state index in [4.69, 9.17) is 21.1 Å². The van der Waals surface area contributed by atoms with Crippen LogP contribution in [0, 0.1) is 11.3 Å². The van der Waals surface area contributed by atoms with E-state index in [-0.39, 0.29) is 5.56 Å². The van der Waals surface area contributed by atoms with Gasteiger partial charge in [0.05, 0.1) is 6.20 Å². The second kappa shape index (κ2) is 3.88. The molecule has 0 spiro atoms. The van der Waals surface area contributed by atoms with E-state index < -0.39 is 26.6 Å². The molecule has 0 atom stereocenters. The van der Waals surface area contributed by atoms with Crippen LogP contribution in [0.5, 0.6) is 0 Å². The zero-order valence-electron chi connectivity index (χ0n) is 7.08. The van der Waals surface area contributed by atoms with Crippen LogP contribution < -0.4 is 0 Å². The molecule has 15 heavy (non-hydrogen) atoms. The smallest absolute Gasteiger partial charge is 0.325 e. The first kappa shape index (κ1) is 11.5. The minimum absolute atomic E-state index is 0.286. The lowest BCUT2D eigenvalue weighted by molar-refractivity contribution is -0.138. The molecular formula is C6H4ClN3O4S. The molecule has 0 saturated carbocycles. The Hall–Kier alpha value is -1.59. The normalized spacial score (nSPS) is 10.9. The Labute approximate surface area is 88.9 Å². The van der Waals surface area contributed by atoms with Gasteiger partial charge >= 0.3 is 5.97 Å². The summed E-state index contributed by atoms with van der Waals surface area (Å²) in [4.78, 5) is 10.4. The third-order valence-electron chi connectivity index (χ3n) is 1.43. The van der Waals surface area contributed by atoms with Crippen LogP contribution in [0.3, 0.4) is 0 Å². The van der Waals surface area contributed by atoms with E-state index in [1.807, 2.05) is 0 Å². The lowest BCUT2D eigenvalue weighted by atomic mass is 10.4. The van der Waals surface area contributed by atoms with Gasteiger partial charge in [0.15, 0.2) is 5.03 Å². The maximum absolute atomic E-state index is 11.0. The number of nitriles is 1. The number of halogens is 1. The molecule has 1 heterocycles. The molecule has 0 fully saturated rings. The van der Waals surface area contributed by atoms with Crippen LogP contribution in [0.15, 0.2) is 11.2 Å². The van der Waals surface area contributed by atoms with E-state index in [0.717, 1.165) is 6.20 Å². The van der Waals surface area contributed by atoms with Gasteiger partial charge in [-0.15, -0.1) is 0 Å². The van der Waals surface area contributed by atoms with Gasteiger partial charge in [0, 0.05) is 10.7 Å². The molecule has 7 nitrogen and oxygen atoms in total. The first-order valence-electron chi connectivity index (χ1n) is 3.48. The summed E-state index contributed by atoms with van der Waals surface area (Å²) in [6.45, 7) is -0.678. The average Bonchev–Trinajstić information content (AvgIpc) is 2.45. The molecule has 1 aromatic heterocycles. The largest absolute Gasteiger partial charge is 0.480 e. The zero-order valence-corrected chi connectivity index (χ0v) is 8.66. The number of carboxylic acids is 1. The summed E-state index contributed by atoms with van der Waals surface area (Å²) >= 11 is 0. The van der Waals surface area contributed by atoms with Crippen LogP contribution in [0.2, 0.25) is 0 Å². The van der Waals surface area contributed by atoms with E-state index in [0.29, 0.717) is 4.68 Å². The Morgan fingerprint density at radius 1 is 1.73 bits per heavy atom. The highest BCUT2D eigenvalue weighted by atomic mass is 35.7. The van der Waals surface area contributed by atoms with Gasteiger partial charge in [0.1, 0.15) is 18.2 Å². The fourth-order valence-corrected chi connectivity index (χ4v) is 2.16. The van der Waals surface area contributed by atoms with Crippen molar-refractivity contribution < 1.29 is 18.3 Å². The number of carboxylic acid groups (broad SMARTS) is 1. The predicted octanol–water partition coefficient (Wildman–Crippen LogP) is -0.233. The minimum atomic E-state index is -4.19. The number of carbonyl (C=O) groups is 1. The number of nitrogens with zero attached hydrogens (tertiary/aromatic N) is 3. The monoisotopic (exact) mass is 249 g/mol. The van der Waals surface area contributed by atoms with Crippen molar-refractivity contribution in [1.82, 2.24) is 9.78 Å². The van der Waals surface area contributed by atoms with Gasteiger partial charge in [0.2, 0.25) is 0 Å². The van der Waals surface area contributed by atoms with Gasteiger partial charge in [-0.2, -0.15) is 10.4 Å². The van der Waals surface area contributed by atoms with Crippen molar-refractivity contribution in [3.63, 3.8) is 0 Å². The zero-order chi connectivity index (χ0) is 11.6. The van der Waals surface area contributed by atoms with Crippen LogP contribution in [0.25, 0.3) is 0 Å². The van der Waals surface area contributed by atoms with Crippen LogP contribution in [-0.4, -0.2) is 29.3 Å². The highest BCUT2D eigenvalue weighted by molar-refractivity contribution is 8.13. The molecule has 9 heteroatoms. The predicted molar refractivity (Wildman–Crippen MR) is 47.6 cm³/mol.